The fraction of sp³-hybridized carbons (Fsp3) is 0.909. The van der Waals surface area contributed by atoms with Crippen molar-refractivity contribution in [3.05, 3.63) is 0 Å². The lowest BCUT2D eigenvalue weighted by molar-refractivity contribution is -0.118. The predicted octanol–water partition coefficient (Wildman–Crippen LogP) is 0.316. The van der Waals surface area contributed by atoms with Gasteiger partial charge in [-0.2, -0.15) is 0 Å². The highest BCUT2D eigenvalue weighted by Crippen LogP contribution is 1.99. The highest BCUT2D eigenvalue weighted by molar-refractivity contribution is 7.92. The summed E-state index contributed by atoms with van der Waals surface area (Å²) in [6, 6.07) is -0.0658. The molecule has 6 heteroatoms. The SMILES string of the molecule is CCCNC(=O)CS(=O)(=O)CC(CC)NCC. The number of amides is 1. The van der Waals surface area contributed by atoms with Crippen molar-refractivity contribution in [2.75, 3.05) is 24.6 Å². The molecule has 0 spiro atoms. The Morgan fingerprint density at radius 3 is 2.35 bits per heavy atom. The standard InChI is InChI=1S/C11H24N2O3S/c1-4-7-13-11(14)9-17(15,16)8-10(5-2)12-6-3/h10,12H,4-9H2,1-3H3,(H,13,14). The van der Waals surface area contributed by atoms with Crippen molar-refractivity contribution in [3.8, 4) is 0 Å². The van der Waals surface area contributed by atoms with Gasteiger partial charge in [-0.3, -0.25) is 4.79 Å². The van der Waals surface area contributed by atoms with Gasteiger partial charge in [-0.05, 0) is 19.4 Å². The number of hydrogen-bond acceptors (Lipinski definition) is 4. The Hall–Kier alpha value is -0.620. The second-order valence-corrected chi connectivity index (χ2v) is 6.18. The quantitative estimate of drug-likeness (QED) is 0.629. The number of rotatable bonds is 9. The van der Waals surface area contributed by atoms with Crippen LogP contribution in [0.5, 0.6) is 0 Å². The Kier molecular flexibility index (Phi) is 8.16. The van der Waals surface area contributed by atoms with Crippen LogP contribution >= 0.6 is 0 Å². The maximum Gasteiger partial charge on any atom is 0.235 e. The van der Waals surface area contributed by atoms with Crippen molar-refractivity contribution in [2.45, 2.75) is 39.7 Å². The van der Waals surface area contributed by atoms with Crippen LogP contribution in [-0.4, -0.2) is 45.0 Å². The molecule has 17 heavy (non-hydrogen) atoms. The molecule has 5 nitrogen and oxygen atoms in total. The van der Waals surface area contributed by atoms with Gasteiger partial charge in [0.05, 0.1) is 5.75 Å². The maximum absolute atomic E-state index is 11.7. The van der Waals surface area contributed by atoms with Crippen LogP contribution < -0.4 is 10.6 Å². The molecule has 2 N–H and O–H groups in total. The molecule has 0 bridgehead atoms. The normalized spacial score (nSPS) is 13.4. The van der Waals surface area contributed by atoms with Crippen LogP contribution in [0, 0.1) is 0 Å². The summed E-state index contributed by atoms with van der Waals surface area (Å²) in [6.45, 7) is 7.05. The Morgan fingerprint density at radius 2 is 1.88 bits per heavy atom. The van der Waals surface area contributed by atoms with E-state index in [2.05, 4.69) is 10.6 Å². The van der Waals surface area contributed by atoms with Crippen LogP contribution in [0.3, 0.4) is 0 Å². The fourth-order valence-corrected chi connectivity index (χ4v) is 3.08. The largest absolute Gasteiger partial charge is 0.355 e. The van der Waals surface area contributed by atoms with Gasteiger partial charge < -0.3 is 10.6 Å². The van der Waals surface area contributed by atoms with Crippen LogP contribution in [0.4, 0.5) is 0 Å². The first-order chi connectivity index (χ1) is 7.95. The molecular formula is C11H24N2O3S. The Balaban J connectivity index is 4.22. The molecule has 0 radical (unpaired) electrons. The minimum atomic E-state index is -3.32. The molecule has 0 aliphatic rings. The lowest BCUT2D eigenvalue weighted by Gasteiger charge is -2.15. The summed E-state index contributed by atoms with van der Waals surface area (Å²) < 4.78 is 23.5. The van der Waals surface area contributed by atoms with Crippen LogP contribution in [-0.2, 0) is 14.6 Å². The van der Waals surface area contributed by atoms with E-state index in [-0.39, 0.29) is 11.8 Å². The van der Waals surface area contributed by atoms with E-state index in [1.54, 1.807) is 0 Å². The van der Waals surface area contributed by atoms with Gasteiger partial charge in [-0.1, -0.05) is 20.8 Å². The minimum Gasteiger partial charge on any atom is -0.355 e. The first kappa shape index (κ1) is 16.4. The van der Waals surface area contributed by atoms with Gasteiger partial charge in [0.1, 0.15) is 5.75 Å². The molecule has 0 fully saturated rings. The second-order valence-electron chi connectivity index (χ2n) is 4.07. The van der Waals surface area contributed by atoms with E-state index in [1.165, 1.54) is 0 Å². The summed E-state index contributed by atoms with van der Waals surface area (Å²) in [5, 5.41) is 5.67. The van der Waals surface area contributed by atoms with Crippen molar-refractivity contribution in [3.63, 3.8) is 0 Å². The second kappa shape index (κ2) is 8.47. The Morgan fingerprint density at radius 1 is 1.24 bits per heavy atom. The molecule has 0 aromatic heterocycles. The van der Waals surface area contributed by atoms with Gasteiger partial charge in [-0.25, -0.2) is 8.42 Å². The molecule has 0 heterocycles. The maximum atomic E-state index is 11.7. The third-order valence-corrected chi connectivity index (χ3v) is 3.98. The van der Waals surface area contributed by atoms with E-state index in [0.29, 0.717) is 6.54 Å². The fourth-order valence-electron chi connectivity index (χ4n) is 1.49. The van der Waals surface area contributed by atoms with E-state index in [4.69, 9.17) is 0 Å². The topological polar surface area (TPSA) is 75.3 Å². The Labute approximate surface area is 104 Å². The van der Waals surface area contributed by atoms with Gasteiger partial charge in [0.2, 0.25) is 5.91 Å². The molecule has 0 saturated heterocycles. The summed E-state index contributed by atoms with van der Waals surface area (Å²) in [4.78, 5) is 11.3. The first-order valence-corrected chi connectivity index (χ1v) is 7.97. The van der Waals surface area contributed by atoms with E-state index >= 15 is 0 Å². The van der Waals surface area contributed by atoms with E-state index < -0.39 is 21.5 Å². The number of sulfone groups is 1. The van der Waals surface area contributed by atoms with Gasteiger partial charge in [0.25, 0.3) is 0 Å². The summed E-state index contributed by atoms with van der Waals surface area (Å²) in [5.74, 6) is -0.788. The molecule has 1 atom stereocenters. The third-order valence-electron chi connectivity index (χ3n) is 2.36. The summed E-state index contributed by atoms with van der Waals surface area (Å²) in [7, 11) is -3.32. The molecule has 1 amide bonds. The van der Waals surface area contributed by atoms with Crippen LogP contribution in [0.15, 0.2) is 0 Å². The van der Waals surface area contributed by atoms with Gasteiger partial charge in [-0.15, -0.1) is 0 Å². The molecule has 0 aromatic carbocycles. The van der Waals surface area contributed by atoms with Crippen molar-refractivity contribution in [2.24, 2.45) is 0 Å². The minimum absolute atomic E-state index is 0.0247. The van der Waals surface area contributed by atoms with Crippen molar-refractivity contribution in [1.82, 2.24) is 10.6 Å². The summed E-state index contributed by atoms with van der Waals surface area (Å²) in [6.07, 6.45) is 1.55. The predicted molar refractivity (Wildman–Crippen MR) is 69.7 cm³/mol. The molecule has 0 rings (SSSR count). The zero-order valence-electron chi connectivity index (χ0n) is 11.0. The molecule has 0 aliphatic carbocycles. The summed E-state index contributed by atoms with van der Waals surface area (Å²) in [5.41, 5.74) is 0. The molecule has 102 valence electrons. The Bertz CT molecular complexity index is 315. The number of hydrogen-bond donors (Lipinski definition) is 2. The van der Waals surface area contributed by atoms with Gasteiger partial charge in [0.15, 0.2) is 9.84 Å². The lowest BCUT2D eigenvalue weighted by Crippen LogP contribution is -2.39. The lowest BCUT2D eigenvalue weighted by atomic mass is 10.2. The smallest absolute Gasteiger partial charge is 0.235 e. The van der Waals surface area contributed by atoms with Crippen LogP contribution in [0.25, 0.3) is 0 Å². The molecule has 0 saturated carbocycles. The molecular weight excluding hydrogens is 240 g/mol. The van der Waals surface area contributed by atoms with Crippen LogP contribution in [0.1, 0.15) is 33.6 Å². The number of carbonyl (C=O) groups excluding carboxylic acids is 1. The van der Waals surface area contributed by atoms with E-state index in [0.717, 1.165) is 19.4 Å². The third kappa shape index (κ3) is 8.15. The van der Waals surface area contributed by atoms with Gasteiger partial charge in [0, 0.05) is 12.6 Å². The summed E-state index contributed by atoms with van der Waals surface area (Å²) >= 11 is 0. The van der Waals surface area contributed by atoms with Crippen molar-refractivity contribution < 1.29 is 13.2 Å². The highest BCUT2D eigenvalue weighted by atomic mass is 32.2. The zero-order valence-corrected chi connectivity index (χ0v) is 11.8. The first-order valence-electron chi connectivity index (χ1n) is 6.15. The average molecular weight is 264 g/mol. The van der Waals surface area contributed by atoms with E-state index in [9.17, 15) is 13.2 Å². The van der Waals surface area contributed by atoms with E-state index in [1.807, 2.05) is 20.8 Å². The number of carbonyl (C=O) groups is 1. The zero-order chi connectivity index (χ0) is 13.3. The van der Waals surface area contributed by atoms with Gasteiger partial charge >= 0.3 is 0 Å². The van der Waals surface area contributed by atoms with Crippen molar-refractivity contribution >= 4 is 15.7 Å². The molecule has 0 aromatic rings. The monoisotopic (exact) mass is 264 g/mol. The molecule has 0 aliphatic heterocycles. The van der Waals surface area contributed by atoms with Crippen molar-refractivity contribution in [1.29, 1.82) is 0 Å². The average Bonchev–Trinajstić information content (AvgIpc) is 2.24. The highest BCUT2D eigenvalue weighted by Gasteiger charge is 2.20. The number of nitrogens with one attached hydrogen (secondary N) is 2. The van der Waals surface area contributed by atoms with Crippen LogP contribution in [0.2, 0.25) is 0 Å². The molecule has 1 unspecified atom stereocenters.